The Labute approximate surface area is 59.9 Å². The highest BCUT2D eigenvalue weighted by Gasteiger charge is 1.95. The standard InChI is InChI=1S/C5H10Cl2O/c1-5(4-7)8-3-2-6/h5H,2-4H2,1H3. The largest absolute Gasteiger partial charge is 0.376 e. The Morgan fingerprint density at radius 1 is 1.50 bits per heavy atom. The van der Waals surface area contributed by atoms with E-state index in [1.54, 1.807) is 0 Å². The van der Waals surface area contributed by atoms with E-state index in [0.717, 1.165) is 0 Å². The van der Waals surface area contributed by atoms with Crippen LogP contribution in [0.5, 0.6) is 0 Å². The highest BCUT2D eigenvalue weighted by Crippen LogP contribution is 1.92. The van der Waals surface area contributed by atoms with Gasteiger partial charge in [0, 0.05) is 11.8 Å². The van der Waals surface area contributed by atoms with Crippen LogP contribution in [0.25, 0.3) is 0 Å². The molecule has 0 spiro atoms. The van der Waals surface area contributed by atoms with Gasteiger partial charge < -0.3 is 4.74 Å². The fourth-order valence-corrected chi connectivity index (χ4v) is 0.468. The quantitative estimate of drug-likeness (QED) is 0.566. The Morgan fingerprint density at radius 3 is 2.50 bits per heavy atom. The lowest BCUT2D eigenvalue weighted by atomic mass is 10.5. The van der Waals surface area contributed by atoms with Crippen LogP contribution < -0.4 is 0 Å². The van der Waals surface area contributed by atoms with E-state index >= 15 is 0 Å². The third-order valence-corrected chi connectivity index (χ3v) is 1.29. The second-order valence-electron chi connectivity index (χ2n) is 1.52. The Hall–Kier alpha value is 0.540. The van der Waals surface area contributed by atoms with E-state index < -0.39 is 0 Å². The maximum Gasteiger partial charge on any atom is 0.0682 e. The average molecular weight is 157 g/mol. The third kappa shape index (κ3) is 4.69. The van der Waals surface area contributed by atoms with Gasteiger partial charge in [-0.15, -0.1) is 23.2 Å². The van der Waals surface area contributed by atoms with Gasteiger partial charge in [0.1, 0.15) is 0 Å². The molecule has 0 aliphatic heterocycles. The molecule has 1 atom stereocenters. The summed E-state index contributed by atoms with van der Waals surface area (Å²) in [7, 11) is 0. The molecule has 0 aromatic rings. The zero-order chi connectivity index (χ0) is 6.41. The number of hydrogen-bond acceptors (Lipinski definition) is 1. The molecule has 0 heterocycles. The van der Waals surface area contributed by atoms with Gasteiger partial charge in [-0.25, -0.2) is 0 Å². The molecule has 0 saturated heterocycles. The minimum atomic E-state index is 0.135. The second kappa shape index (κ2) is 5.67. The van der Waals surface area contributed by atoms with E-state index in [4.69, 9.17) is 27.9 Å². The Kier molecular flexibility index (Phi) is 6.06. The molecule has 1 nitrogen and oxygen atoms in total. The van der Waals surface area contributed by atoms with Crippen LogP contribution in [0.3, 0.4) is 0 Å². The number of rotatable bonds is 4. The number of hydrogen-bond donors (Lipinski definition) is 0. The molecule has 0 aromatic carbocycles. The molecule has 3 heteroatoms. The molecule has 0 amide bonds. The molecule has 50 valence electrons. The topological polar surface area (TPSA) is 9.23 Å². The van der Waals surface area contributed by atoms with E-state index in [0.29, 0.717) is 18.4 Å². The predicted octanol–water partition coefficient (Wildman–Crippen LogP) is 1.87. The lowest BCUT2D eigenvalue weighted by molar-refractivity contribution is 0.0938. The van der Waals surface area contributed by atoms with Crippen molar-refractivity contribution in [2.75, 3.05) is 18.4 Å². The number of alkyl halides is 2. The fraction of sp³-hybridized carbons (Fsp3) is 1.00. The predicted molar refractivity (Wildman–Crippen MR) is 36.9 cm³/mol. The number of halogens is 2. The van der Waals surface area contributed by atoms with Crippen molar-refractivity contribution in [3.05, 3.63) is 0 Å². The molecule has 0 aliphatic rings. The first-order valence-corrected chi connectivity index (χ1v) is 3.61. The second-order valence-corrected chi connectivity index (χ2v) is 2.21. The van der Waals surface area contributed by atoms with Gasteiger partial charge in [-0.2, -0.15) is 0 Å². The molecule has 0 aromatic heterocycles. The van der Waals surface area contributed by atoms with Crippen molar-refractivity contribution >= 4 is 23.2 Å². The van der Waals surface area contributed by atoms with Crippen LogP contribution in [0.4, 0.5) is 0 Å². The Morgan fingerprint density at radius 2 is 2.12 bits per heavy atom. The van der Waals surface area contributed by atoms with Crippen LogP contribution >= 0.6 is 23.2 Å². The van der Waals surface area contributed by atoms with E-state index in [2.05, 4.69) is 0 Å². The van der Waals surface area contributed by atoms with E-state index in [9.17, 15) is 0 Å². The van der Waals surface area contributed by atoms with Gasteiger partial charge >= 0.3 is 0 Å². The van der Waals surface area contributed by atoms with Gasteiger partial charge in [-0.3, -0.25) is 0 Å². The van der Waals surface area contributed by atoms with Crippen molar-refractivity contribution < 1.29 is 4.74 Å². The van der Waals surface area contributed by atoms with Crippen LogP contribution in [0, 0.1) is 0 Å². The van der Waals surface area contributed by atoms with E-state index in [1.807, 2.05) is 6.92 Å². The van der Waals surface area contributed by atoms with Gasteiger partial charge in [0.15, 0.2) is 0 Å². The van der Waals surface area contributed by atoms with E-state index in [-0.39, 0.29) is 6.10 Å². The van der Waals surface area contributed by atoms with E-state index in [1.165, 1.54) is 0 Å². The van der Waals surface area contributed by atoms with Gasteiger partial charge in [-0.1, -0.05) is 0 Å². The molecule has 0 saturated carbocycles. The van der Waals surface area contributed by atoms with Crippen molar-refractivity contribution in [2.45, 2.75) is 13.0 Å². The minimum absolute atomic E-state index is 0.135. The number of ether oxygens (including phenoxy) is 1. The SMILES string of the molecule is CC(CCl)OCCCl. The minimum Gasteiger partial charge on any atom is -0.376 e. The molecule has 0 N–H and O–H groups in total. The summed E-state index contributed by atoms with van der Waals surface area (Å²) in [5.41, 5.74) is 0. The summed E-state index contributed by atoms with van der Waals surface area (Å²) in [6, 6.07) is 0. The smallest absolute Gasteiger partial charge is 0.0682 e. The fourth-order valence-electron chi connectivity index (χ4n) is 0.290. The molecule has 1 unspecified atom stereocenters. The van der Waals surface area contributed by atoms with Crippen LogP contribution in [-0.4, -0.2) is 24.5 Å². The first-order chi connectivity index (χ1) is 3.81. The lowest BCUT2D eigenvalue weighted by Crippen LogP contribution is -2.10. The summed E-state index contributed by atoms with van der Waals surface area (Å²) in [5, 5.41) is 0. The summed E-state index contributed by atoms with van der Waals surface area (Å²) >= 11 is 10.8. The maximum absolute atomic E-state index is 5.42. The van der Waals surface area contributed by atoms with Crippen LogP contribution in [0.1, 0.15) is 6.92 Å². The summed E-state index contributed by atoms with van der Waals surface area (Å²) in [4.78, 5) is 0. The molecule has 0 bridgehead atoms. The molecule has 8 heavy (non-hydrogen) atoms. The van der Waals surface area contributed by atoms with Crippen molar-refractivity contribution in [3.63, 3.8) is 0 Å². The van der Waals surface area contributed by atoms with Crippen molar-refractivity contribution in [3.8, 4) is 0 Å². The normalized spacial score (nSPS) is 13.9. The summed E-state index contributed by atoms with van der Waals surface area (Å²) < 4.78 is 5.08. The third-order valence-electron chi connectivity index (χ3n) is 0.697. The lowest BCUT2D eigenvalue weighted by Gasteiger charge is -2.05. The molecule has 0 aliphatic carbocycles. The molecular weight excluding hydrogens is 147 g/mol. The average Bonchev–Trinajstić information content (AvgIpc) is 1.83. The Bertz CT molecular complexity index is 49.7. The highest BCUT2D eigenvalue weighted by atomic mass is 35.5. The zero-order valence-corrected chi connectivity index (χ0v) is 6.37. The first kappa shape index (κ1) is 8.54. The monoisotopic (exact) mass is 156 g/mol. The van der Waals surface area contributed by atoms with Crippen LogP contribution in [0.15, 0.2) is 0 Å². The van der Waals surface area contributed by atoms with Crippen molar-refractivity contribution in [2.24, 2.45) is 0 Å². The van der Waals surface area contributed by atoms with Gasteiger partial charge in [0.25, 0.3) is 0 Å². The first-order valence-electron chi connectivity index (χ1n) is 2.54. The van der Waals surface area contributed by atoms with Gasteiger partial charge in [-0.05, 0) is 6.92 Å². The van der Waals surface area contributed by atoms with Gasteiger partial charge in [0.05, 0.1) is 12.7 Å². The highest BCUT2D eigenvalue weighted by molar-refractivity contribution is 6.18. The van der Waals surface area contributed by atoms with Gasteiger partial charge in [0.2, 0.25) is 0 Å². The summed E-state index contributed by atoms with van der Waals surface area (Å²) in [5.74, 6) is 1.08. The molecule has 0 rings (SSSR count). The van der Waals surface area contributed by atoms with Crippen molar-refractivity contribution in [1.29, 1.82) is 0 Å². The molecule has 0 radical (unpaired) electrons. The van der Waals surface area contributed by atoms with Crippen LogP contribution in [0.2, 0.25) is 0 Å². The van der Waals surface area contributed by atoms with Crippen LogP contribution in [-0.2, 0) is 4.74 Å². The summed E-state index contributed by atoms with van der Waals surface area (Å²) in [6.07, 6.45) is 0.135. The van der Waals surface area contributed by atoms with Crippen molar-refractivity contribution in [1.82, 2.24) is 0 Å². The maximum atomic E-state index is 5.42. The molecule has 0 fully saturated rings. The molecular formula is C5H10Cl2O. The Balaban J connectivity index is 2.86. The zero-order valence-electron chi connectivity index (χ0n) is 4.86. The summed E-state index contributed by atoms with van der Waals surface area (Å²) in [6.45, 7) is 2.51.